The van der Waals surface area contributed by atoms with Crippen LogP contribution in [-0.2, 0) is 5.54 Å². The first kappa shape index (κ1) is 11.7. The van der Waals surface area contributed by atoms with Crippen molar-refractivity contribution in [2.24, 2.45) is 5.73 Å². The molecule has 3 rings (SSSR count). The van der Waals surface area contributed by atoms with E-state index in [0.717, 1.165) is 29.8 Å². The monoisotopic (exact) mass is 244 g/mol. The van der Waals surface area contributed by atoms with Crippen LogP contribution in [0.5, 0.6) is 0 Å². The third kappa shape index (κ3) is 1.83. The number of benzene rings is 1. The molecular weight excluding hydrogens is 224 g/mol. The molecule has 0 unspecified atom stereocenters. The Morgan fingerprint density at radius 1 is 1.28 bits per heavy atom. The lowest BCUT2D eigenvalue weighted by Gasteiger charge is -2.23. The average Bonchev–Trinajstić information content (AvgIpc) is 2.94. The second-order valence-electron chi connectivity index (χ2n) is 5.75. The number of hydrogen-bond donors (Lipinski definition) is 1. The molecule has 3 heteroatoms. The molecule has 0 radical (unpaired) electrons. The number of fused-ring (bicyclic) bond motifs is 1. The molecule has 2 aromatic rings. The fourth-order valence-corrected chi connectivity index (χ4v) is 2.80. The Hall–Kier alpha value is -1.35. The van der Waals surface area contributed by atoms with Crippen LogP contribution in [0, 0.1) is 0 Å². The lowest BCUT2D eigenvalue weighted by Crippen LogP contribution is -2.32. The lowest BCUT2D eigenvalue weighted by molar-refractivity contribution is 0.462. The number of hydrogen-bond acceptors (Lipinski definition) is 3. The van der Waals surface area contributed by atoms with E-state index in [2.05, 4.69) is 31.0 Å². The quantitative estimate of drug-likeness (QED) is 0.876. The maximum atomic E-state index is 6.48. The fourth-order valence-electron chi connectivity index (χ4n) is 2.80. The molecule has 1 heterocycles. The molecule has 1 aliphatic carbocycles. The summed E-state index contributed by atoms with van der Waals surface area (Å²) < 4.78 is 5.73. The molecule has 1 aromatic heterocycles. The van der Waals surface area contributed by atoms with E-state index in [1.54, 1.807) is 0 Å². The highest BCUT2D eigenvalue weighted by Gasteiger charge is 2.31. The van der Waals surface area contributed by atoms with E-state index in [-0.39, 0.29) is 5.54 Å². The molecule has 0 aliphatic heterocycles. The van der Waals surface area contributed by atoms with Crippen LogP contribution in [0.2, 0.25) is 0 Å². The molecule has 0 saturated heterocycles. The Morgan fingerprint density at radius 2 is 2.00 bits per heavy atom. The van der Waals surface area contributed by atoms with Crippen LogP contribution in [-0.4, -0.2) is 4.98 Å². The van der Waals surface area contributed by atoms with Gasteiger partial charge in [0.1, 0.15) is 5.52 Å². The SMILES string of the molecule is CC(C)c1nc2cc(C3(N)CCCC3)ccc2o1. The van der Waals surface area contributed by atoms with Gasteiger partial charge in [0, 0.05) is 11.5 Å². The number of rotatable bonds is 2. The Labute approximate surface area is 107 Å². The van der Waals surface area contributed by atoms with E-state index in [9.17, 15) is 0 Å². The summed E-state index contributed by atoms with van der Waals surface area (Å²) in [6.45, 7) is 4.18. The van der Waals surface area contributed by atoms with Crippen LogP contribution in [0.4, 0.5) is 0 Å². The van der Waals surface area contributed by atoms with Gasteiger partial charge in [-0.2, -0.15) is 0 Å². The van der Waals surface area contributed by atoms with Gasteiger partial charge in [-0.3, -0.25) is 0 Å². The third-order valence-electron chi connectivity index (χ3n) is 3.97. The average molecular weight is 244 g/mol. The summed E-state index contributed by atoms with van der Waals surface area (Å²) in [5, 5.41) is 0. The lowest BCUT2D eigenvalue weighted by atomic mass is 9.89. The van der Waals surface area contributed by atoms with Crippen LogP contribution >= 0.6 is 0 Å². The van der Waals surface area contributed by atoms with Crippen molar-refractivity contribution in [2.75, 3.05) is 0 Å². The highest BCUT2D eigenvalue weighted by Crippen LogP contribution is 2.37. The molecule has 0 bridgehead atoms. The predicted molar refractivity (Wildman–Crippen MR) is 72.4 cm³/mol. The van der Waals surface area contributed by atoms with E-state index in [0.29, 0.717) is 5.92 Å². The van der Waals surface area contributed by atoms with E-state index in [4.69, 9.17) is 10.2 Å². The van der Waals surface area contributed by atoms with Crippen LogP contribution < -0.4 is 5.73 Å². The summed E-state index contributed by atoms with van der Waals surface area (Å²) in [6.07, 6.45) is 4.61. The summed E-state index contributed by atoms with van der Waals surface area (Å²) in [7, 11) is 0. The zero-order chi connectivity index (χ0) is 12.8. The van der Waals surface area contributed by atoms with E-state index in [1.165, 1.54) is 18.4 Å². The van der Waals surface area contributed by atoms with Gasteiger partial charge in [-0.1, -0.05) is 32.8 Å². The molecular formula is C15H20N2O. The summed E-state index contributed by atoms with van der Waals surface area (Å²) in [5.74, 6) is 1.12. The normalized spacial score (nSPS) is 18.9. The second-order valence-corrected chi connectivity index (χ2v) is 5.75. The summed E-state index contributed by atoms with van der Waals surface area (Å²) in [5.41, 5.74) is 9.34. The molecule has 0 spiro atoms. The van der Waals surface area contributed by atoms with Crippen LogP contribution in [0.3, 0.4) is 0 Å². The van der Waals surface area contributed by atoms with Gasteiger partial charge in [0.05, 0.1) is 0 Å². The Balaban J connectivity index is 2.05. The van der Waals surface area contributed by atoms with E-state index >= 15 is 0 Å². The van der Waals surface area contributed by atoms with Crippen molar-refractivity contribution in [3.63, 3.8) is 0 Å². The van der Waals surface area contributed by atoms with Gasteiger partial charge < -0.3 is 10.2 Å². The topological polar surface area (TPSA) is 52.0 Å². The highest BCUT2D eigenvalue weighted by atomic mass is 16.3. The number of nitrogens with zero attached hydrogens (tertiary/aromatic N) is 1. The van der Waals surface area contributed by atoms with Gasteiger partial charge in [0.25, 0.3) is 0 Å². The summed E-state index contributed by atoms with van der Waals surface area (Å²) in [6, 6.07) is 6.22. The van der Waals surface area contributed by atoms with Gasteiger partial charge in [-0.25, -0.2) is 4.98 Å². The molecule has 96 valence electrons. The first-order chi connectivity index (χ1) is 8.58. The van der Waals surface area contributed by atoms with Crippen molar-refractivity contribution in [2.45, 2.75) is 51.0 Å². The molecule has 18 heavy (non-hydrogen) atoms. The highest BCUT2D eigenvalue weighted by molar-refractivity contribution is 5.74. The molecule has 2 N–H and O–H groups in total. The standard InChI is InChI=1S/C15H20N2O/c1-10(2)14-17-12-9-11(5-6-13(12)18-14)15(16)7-3-4-8-15/h5-6,9-10H,3-4,7-8,16H2,1-2H3. The fraction of sp³-hybridized carbons (Fsp3) is 0.533. The Morgan fingerprint density at radius 3 is 2.67 bits per heavy atom. The molecule has 3 nitrogen and oxygen atoms in total. The van der Waals surface area contributed by atoms with Crippen LogP contribution in [0.1, 0.15) is 56.9 Å². The van der Waals surface area contributed by atoms with E-state index in [1.807, 2.05) is 6.07 Å². The minimum absolute atomic E-state index is 0.148. The smallest absolute Gasteiger partial charge is 0.198 e. The molecule has 1 fully saturated rings. The van der Waals surface area contributed by atoms with Crippen molar-refractivity contribution in [3.8, 4) is 0 Å². The first-order valence-corrected chi connectivity index (χ1v) is 6.78. The third-order valence-corrected chi connectivity index (χ3v) is 3.97. The maximum Gasteiger partial charge on any atom is 0.198 e. The van der Waals surface area contributed by atoms with Crippen molar-refractivity contribution in [1.82, 2.24) is 4.98 Å². The molecule has 0 amide bonds. The zero-order valence-electron chi connectivity index (χ0n) is 11.1. The van der Waals surface area contributed by atoms with Gasteiger partial charge in [0.2, 0.25) is 0 Å². The van der Waals surface area contributed by atoms with Gasteiger partial charge in [-0.15, -0.1) is 0 Å². The van der Waals surface area contributed by atoms with Crippen LogP contribution in [0.25, 0.3) is 11.1 Å². The minimum Gasteiger partial charge on any atom is -0.440 e. The van der Waals surface area contributed by atoms with Gasteiger partial charge in [0.15, 0.2) is 11.5 Å². The number of nitrogens with two attached hydrogens (primary N) is 1. The Bertz CT molecular complexity index is 565. The Kier molecular flexibility index (Phi) is 2.67. The first-order valence-electron chi connectivity index (χ1n) is 6.78. The molecule has 0 atom stereocenters. The van der Waals surface area contributed by atoms with Gasteiger partial charge >= 0.3 is 0 Å². The summed E-state index contributed by atoms with van der Waals surface area (Å²) in [4.78, 5) is 4.55. The van der Waals surface area contributed by atoms with Crippen molar-refractivity contribution in [1.29, 1.82) is 0 Å². The molecule has 1 saturated carbocycles. The molecule has 1 aromatic carbocycles. The number of oxazole rings is 1. The molecule has 1 aliphatic rings. The second kappa shape index (κ2) is 4.09. The predicted octanol–water partition coefficient (Wildman–Crippen LogP) is 3.68. The largest absolute Gasteiger partial charge is 0.440 e. The minimum atomic E-state index is -0.148. The van der Waals surface area contributed by atoms with Gasteiger partial charge in [-0.05, 0) is 30.5 Å². The summed E-state index contributed by atoms with van der Waals surface area (Å²) >= 11 is 0. The number of aromatic nitrogens is 1. The van der Waals surface area contributed by atoms with E-state index < -0.39 is 0 Å². The van der Waals surface area contributed by atoms with Crippen molar-refractivity contribution in [3.05, 3.63) is 29.7 Å². The van der Waals surface area contributed by atoms with Crippen molar-refractivity contribution < 1.29 is 4.42 Å². The van der Waals surface area contributed by atoms with Crippen LogP contribution in [0.15, 0.2) is 22.6 Å². The van der Waals surface area contributed by atoms with Crippen molar-refractivity contribution >= 4 is 11.1 Å². The zero-order valence-corrected chi connectivity index (χ0v) is 11.1. The maximum absolute atomic E-state index is 6.48.